The fourth-order valence-corrected chi connectivity index (χ4v) is 4.59. The van der Waals surface area contributed by atoms with Crippen LogP contribution in [0.1, 0.15) is 29.9 Å². The van der Waals surface area contributed by atoms with E-state index in [0.717, 1.165) is 5.56 Å². The van der Waals surface area contributed by atoms with E-state index in [1.807, 2.05) is 25.1 Å². The molecule has 0 bridgehead atoms. The largest absolute Gasteiger partial charge is 0.481 e. The summed E-state index contributed by atoms with van der Waals surface area (Å²) in [4.78, 5) is 11.5. The van der Waals surface area contributed by atoms with Crippen LogP contribution in [-0.4, -0.2) is 31.0 Å². The molecule has 2 rings (SSSR count). The van der Waals surface area contributed by atoms with E-state index in [1.54, 1.807) is 6.07 Å². The van der Waals surface area contributed by atoms with Crippen LogP contribution in [0.15, 0.2) is 24.3 Å². The molecule has 0 radical (unpaired) electrons. The van der Waals surface area contributed by atoms with Crippen LogP contribution in [0.25, 0.3) is 0 Å². The first-order chi connectivity index (χ1) is 8.89. The van der Waals surface area contributed by atoms with Crippen molar-refractivity contribution in [3.8, 4) is 0 Å². The zero-order valence-electron chi connectivity index (χ0n) is 10.9. The van der Waals surface area contributed by atoms with Gasteiger partial charge in [-0.25, -0.2) is 8.42 Å². The Kier molecular flexibility index (Phi) is 3.94. The normalized spacial score (nSPS) is 23.7. The number of hydrogen-bond acceptors (Lipinski definition) is 3. The molecule has 0 spiro atoms. The van der Waals surface area contributed by atoms with Crippen molar-refractivity contribution in [1.29, 1.82) is 0 Å². The van der Waals surface area contributed by atoms with Crippen LogP contribution in [0.5, 0.6) is 0 Å². The lowest BCUT2D eigenvalue weighted by Gasteiger charge is -2.27. The van der Waals surface area contributed by atoms with Gasteiger partial charge in [0.15, 0.2) is 9.84 Å². The van der Waals surface area contributed by atoms with E-state index in [1.165, 1.54) is 0 Å². The smallest absolute Gasteiger partial charge is 0.311 e. The average molecular weight is 282 g/mol. The number of carboxylic acids is 1. The average Bonchev–Trinajstić information content (AvgIpc) is 2.27. The van der Waals surface area contributed by atoms with E-state index in [2.05, 4.69) is 0 Å². The van der Waals surface area contributed by atoms with Gasteiger partial charge in [0.25, 0.3) is 0 Å². The van der Waals surface area contributed by atoms with Gasteiger partial charge in [0.05, 0.1) is 17.4 Å². The molecule has 19 heavy (non-hydrogen) atoms. The van der Waals surface area contributed by atoms with Crippen LogP contribution >= 0.6 is 0 Å². The quantitative estimate of drug-likeness (QED) is 0.920. The Morgan fingerprint density at radius 1 is 1.42 bits per heavy atom. The second-order valence-corrected chi connectivity index (χ2v) is 7.48. The fourth-order valence-electron chi connectivity index (χ4n) is 2.80. The van der Waals surface area contributed by atoms with Gasteiger partial charge in [0.1, 0.15) is 0 Å². The molecule has 1 aliphatic rings. The molecule has 1 saturated heterocycles. The number of carboxylic acid groups (broad SMARTS) is 1. The van der Waals surface area contributed by atoms with Crippen molar-refractivity contribution >= 4 is 15.8 Å². The maximum absolute atomic E-state index is 11.7. The van der Waals surface area contributed by atoms with Gasteiger partial charge in [-0.15, -0.1) is 0 Å². The van der Waals surface area contributed by atoms with Crippen LogP contribution in [0.4, 0.5) is 0 Å². The van der Waals surface area contributed by atoms with Crippen LogP contribution in [0.2, 0.25) is 0 Å². The maximum atomic E-state index is 11.7. The Labute approximate surface area is 113 Å². The van der Waals surface area contributed by atoms with Crippen molar-refractivity contribution < 1.29 is 18.3 Å². The van der Waals surface area contributed by atoms with E-state index >= 15 is 0 Å². The molecule has 1 heterocycles. The standard InChI is InChI=1S/C14H18O4S/c1-10-4-2-5-11(8-10)13(14(15)16)12-6-3-7-19(17,18)9-12/h2,4-5,8,12-13H,3,6-7,9H2,1H3,(H,15,16). The maximum Gasteiger partial charge on any atom is 0.311 e. The lowest BCUT2D eigenvalue weighted by molar-refractivity contribution is -0.140. The zero-order chi connectivity index (χ0) is 14.0. The van der Waals surface area contributed by atoms with Crippen molar-refractivity contribution in [3.05, 3.63) is 35.4 Å². The summed E-state index contributed by atoms with van der Waals surface area (Å²) in [5, 5.41) is 9.45. The van der Waals surface area contributed by atoms with Crippen molar-refractivity contribution in [1.82, 2.24) is 0 Å². The molecule has 1 aliphatic heterocycles. The fraction of sp³-hybridized carbons (Fsp3) is 0.500. The van der Waals surface area contributed by atoms with Gasteiger partial charge in [-0.2, -0.15) is 0 Å². The zero-order valence-corrected chi connectivity index (χ0v) is 11.7. The molecule has 4 nitrogen and oxygen atoms in total. The second-order valence-electron chi connectivity index (χ2n) is 5.25. The summed E-state index contributed by atoms with van der Waals surface area (Å²) < 4.78 is 23.4. The summed E-state index contributed by atoms with van der Waals surface area (Å²) in [5.41, 5.74) is 1.69. The van der Waals surface area contributed by atoms with Crippen molar-refractivity contribution in [3.63, 3.8) is 0 Å². The lowest BCUT2D eigenvalue weighted by Crippen LogP contribution is -2.32. The minimum atomic E-state index is -3.09. The van der Waals surface area contributed by atoms with E-state index < -0.39 is 21.7 Å². The molecule has 1 fully saturated rings. The number of carbonyl (C=O) groups is 1. The molecule has 0 saturated carbocycles. The van der Waals surface area contributed by atoms with Gasteiger partial charge in [-0.1, -0.05) is 29.8 Å². The van der Waals surface area contributed by atoms with E-state index in [9.17, 15) is 18.3 Å². The first kappa shape index (κ1) is 14.1. The highest BCUT2D eigenvalue weighted by Crippen LogP contribution is 2.33. The van der Waals surface area contributed by atoms with Gasteiger partial charge in [-0.3, -0.25) is 4.79 Å². The number of sulfone groups is 1. The highest BCUT2D eigenvalue weighted by molar-refractivity contribution is 7.91. The molecule has 1 N–H and O–H groups in total. The van der Waals surface area contributed by atoms with Gasteiger partial charge >= 0.3 is 5.97 Å². The van der Waals surface area contributed by atoms with E-state index in [0.29, 0.717) is 18.4 Å². The summed E-state index contributed by atoms with van der Waals surface area (Å²) in [6.45, 7) is 1.90. The Hall–Kier alpha value is -1.36. The van der Waals surface area contributed by atoms with Gasteiger partial charge < -0.3 is 5.11 Å². The van der Waals surface area contributed by atoms with Gasteiger partial charge in [-0.05, 0) is 31.2 Å². The summed E-state index contributed by atoms with van der Waals surface area (Å²) in [7, 11) is -3.09. The number of aryl methyl sites for hydroxylation is 1. The van der Waals surface area contributed by atoms with Crippen molar-refractivity contribution in [2.75, 3.05) is 11.5 Å². The molecular formula is C14H18O4S. The van der Waals surface area contributed by atoms with Gasteiger partial charge in [0, 0.05) is 0 Å². The molecule has 2 unspecified atom stereocenters. The van der Waals surface area contributed by atoms with Crippen molar-refractivity contribution in [2.45, 2.75) is 25.7 Å². The van der Waals surface area contributed by atoms with E-state index in [4.69, 9.17) is 0 Å². The number of aliphatic carboxylic acids is 1. The van der Waals surface area contributed by atoms with Crippen LogP contribution < -0.4 is 0 Å². The summed E-state index contributed by atoms with van der Waals surface area (Å²) >= 11 is 0. The Bertz CT molecular complexity index is 577. The minimum absolute atomic E-state index is 0.0160. The first-order valence-corrected chi connectivity index (χ1v) is 8.21. The molecule has 1 aromatic rings. The topological polar surface area (TPSA) is 71.4 Å². The SMILES string of the molecule is Cc1cccc(C(C(=O)O)C2CCCS(=O)(=O)C2)c1. The van der Waals surface area contributed by atoms with Crippen LogP contribution in [0, 0.1) is 12.8 Å². The molecule has 2 atom stereocenters. The molecule has 0 amide bonds. The molecule has 1 aromatic carbocycles. The predicted molar refractivity (Wildman–Crippen MR) is 72.9 cm³/mol. The highest BCUT2D eigenvalue weighted by Gasteiger charge is 2.35. The predicted octanol–water partition coefficient (Wildman–Crippen LogP) is 1.99. The molecule has 0 aliphatic carbocycles. The third-order valence-electron chi connectivity index (χ3n) is 3.64. The van der Waals surface area contributed by atoms with Gasteiger partial charge in [0.2, 0.25) is 0 Å². The molecular weight excluding hydrogens is 264 g/mol. The third kappa shape index (κ3) is 3.35. The van der Waals surface area contributed by atoms with E-state index in [-0.39, 0.29) is 17.4 Å². The first-order valence-electron chi connectivity index (χ1n) is 6.39. The minimum Gasteiger partial charge on any atom is -0.481 e. The molecule has 104 valence electrons. The van der Waals surface area contributed by atoms with Crippen LogP contribution in [-0.2, 0) is 14.6 Å². The summed E-state index contributed by atoms with van der Waals surface area (Å²) in [6, 6.07) is 7.32. The lowest BCUT2D eigenvalue weighted by atomic mass is 9.84. The Morgan fingerprint density at radius 3 is 2.74 bits per heavy atom. The van der Waals surface area contributed by atoms with Crippen LogP contribution in [0.3, 0.4) is 0 Å². The highest BCUT2D eigenvalue weighted by atomic mass is 32.2. The number of hydrogen-bond donors (Lipinski definition) is 1. The molecule has 5 heteroatoms. The summed E-state index contributed by atoms with van der Waals surface area (Å²) in [5.74, 6) is -1.82. The molecule has 0 aromatic heterocycles. The summed E-state index contributed by atoms with van der Waals surface area (Å²) in [6.07, 6.45) is 1.22. The monoisotopic (exact) mass is 282 g/mol. The number of rotatable bonds is 3. The Balaban J connectivity index is 2.33. The second kappa shape index (κ2) is 5.33. The number of benzene rings is 1. The van der Waals surface area contributed by atoms with Crippen molar-refractivity contribution in [2.24, 2.45) is 5.92 Å². The third-order valence-corrected chi connectivity index (χ3v) is 5.48. The Morgan fingerprint density at radius 2 is 2.16 bits per heavy atom.